The number of rotatable bonds is 4. The molecule has 8 nitrogen and oxygen atoms in total. The van der Waals surface area contributed by atoms with E-state index < -0.39 is 4.92 Å². The molecule has 0 aliphatic heterocycles. The third-order valence-electron chi connectivity index (χ3n) is 2.66. The van der Waals surface area contributed by atoms with Gasteiger partial charge in [-0.25, -0.2) is 9.67 Å². The average molecular weight is 283 g/mol. The van der Waals surface area contributed by atoms with Crippen LogP contribution in [0.3, 0.4) is 0 Å². The monoisotopic (exact) mass is 283 g/mol. The number of pyridine rings is 1. The number of hydrogen-bond donors (Lipinski definition) is 0. The van der Waals surface area contributed by atoms with Crippen molar-refractivity contribution in [1.29, 1.82) is 0 Å². The van der Waals surface area contributed by atoms with E-state index in [2.05, 4.69) is 15.3 Å². The number of benzene rings is 1. The molecule has 0 bridgehead atoms. The van der Waals surface area contributed by atoms with E-state index in [4.69, 9.17) is 4.74 Å². The lowest BCUT2D eigenvalue weighted by Crippen LogP contribution is -1.96. The van der Waals surface area contributed by atoms with Crippen molar-refractivity contribution in [3.05, 3.63) is 65.1 Å². The maximum atomic E-state index is 10.6. The number of nitro groups is 1. The van der Waals surface area contributed by atoms with Crippen LogP contribution in [0.4, 0.5) is 5.69 Å². The van der Waals surface area contributed by atoms with Gasteiger partial charge < -0.3 is 4.74 Å². The second kappa shape index (κ2) is 5.37. The van der Waals surface area contributed by atoms with Crippen molar-refractivity contribution in [2.45, 2.75) is 0 Å². The molecule has 8 heteroatoms. The van der Waals surface area contributed by atoms with Gasteiger partial charge in [-0.15, -0.1) is 5.10 Å². The molecule has 0 aliphatic carbocycles. The first-order valence-corrected chi connectivity index (χ1v) is 5.97. The van der Waals surface area contributed by atoms with Crippen molar-refractivity contribution in [3.63, 3.8) is 0 Å². The fourth-order valence-corrected chi connectivity index (χ4v) is 1.70. The average Bonchev–Trinajstić information content (AvgIpc) is 3.02. The van der Waals surface area contributed by atoms with Crippen molar-refractivity contribution < 1.29 is 9.66 Å². The van der Waals surface area contributed by atoms with Crippen molar-refractivity contribution in [3.8, 4) is 17.3 Å². The molecule has 0 saturated heterocycles. The molecule has 0 atom stereocenters. The summed E-state index contributed by atoms with van der Waals surface area (Å²) in [6.07, 6.45) is 4.44. The van der Waals surface area contributed by atoms with Gasteiger partial charge in [-0.3, -0.25) is 10.1 Å². The predicted molar refractivity (Wildman–Crippen MR) is 72.3 cm³/mol. The third-order valence-corrected chi connectivity index (χ3v) is 2.66. The molecule has 21 heavy (non-hydrogen) atoms. The quantitative estimate of drug-likeness (QED) is 0.538. The highest BCUT2D eigenvalue weighted by Crippen LogP contribution is 2.23. The van der Waals surface area contributed by atoms with E-state index in [1.165, 1.54) is 12.1 Å². The zero-order valence-corrected chi connectivity index (χ0v) is 10.7. The summed E-state index contributed by atoms with van der Waals surface area (Å²) in [6.45, 7) is 0. The summed E-state index contributed by atoms with van der Waals surface area (Å²) >= 11 is 0. The number of hydrogen-bond acceptors (Lipinski definition) is 6. The molecule has 0 saturated carbocycles. The Balaban J connectivity index is 1.81. The van der Waals surface area contributed by atoms with E-state index in [0.29, 0.717) is 5.75 Å². The second-order valence-corrected chi connectivity index (χ2v) is 4.06. The summed E-state index contributed by atoms with van der Waals surface area (Å²) < 4.78 is 7.15. The highest BCUT2D eigenvalue weighted by Gasteiger charge is 2.07. The van der Waals surface area contributed by atoms with Gasteiger partial charge in [-0.05, 0) is 12.1 Å². The molecule has 0 aliphatic rings. The molecule has 0 N–H and O–H groups in total. The Morgan fingerprint density at radius 1 is 1.24 bits per heavy atom. The van der Waals surface area contributed by atoms with Crippen LogP contribution >= 0.6 is 0 Å². The SMILES string of the molecule is O=[N+]([O-])c1ccc(Oc2cccc(-n3ccnn3)c2)nc1. The van der Waals surface area contributed by atoms with E-state index in [1.54, 1.807) is 35.3 Å². The largest absolute Gasteiger partial charge is 0.439 e. The molecule has 0 radical (unpaired) electrons. The highest BCUT2D eigenvalue weighted by atomic mass is 16.6. The zero-order valence-electron chi connectivity index (χ0n) is 10.7. The summed E-state index contributed by atoms with van der Waals surface area (Å²) in [6, 6.07) is 9.95. The molecule has 1 aromatic carbocycles. The Bertz CT molecular complexity index is 756. The first-order valence-electron chi connectivity index (χ1n) is 5.97. The van der Waals surface area contributed by atoms with Crippen LogP contribution in [0.1, 0.15) is 0 Å². The maximum Gasteiger partial charge on any atom is 0.287 e. The van der Waals surface area contributed by atoms with Crippen molar-refractivity contribution in [2.75, 3.05) is 0 Å². The fourth-order valence-electron chi connectivity index (χ4n) is 1.70. The highest BCUT2D eigenvalue weighted by molar-refractivity contribution is 5.40. The van der Waals surface area contributed by atoms with E-state index in [1.807, 2.05) is 6.07 Å². The predicted octanol–water partition coefficient (Wildman–Crippen LogP) is 2.36. The molecule has 0 unspecified atom stereocenters. The van der Waals surface area contributed by atoms with Crippen molar-refractivity contribution in [1.82, 2.24) is 20.0 Å². The maximum absolute atomic E-state index is 10.6. The molecular formula is C13H9N5O3. The minimum Gasteiger partial charge on any atom is -0.439 e. The zero-order chi connectivity index (χ0) is 14.7. The Morgan fingerprint density at radius 2 is 2.14 bits per heavy atom. The van der Waals surface area contributed by atoms with E-state index >= 15 is 0 Å². The number of nitrogens with zero attached hydrogens (tertiary/aromatic N) is 5. The molecule has 104 valence electrons. The molecule has 0 fully saturated rings. The third kappa shape index (κ3) is 2.84. The van der Waals surface area contributed by atoms with Crippen LogP contribution in [0.5, 0.6) is 11.6 Å². The van der Waals surface area contributed by atoms with Gasteiger partial charge in [-0.2, -0.15) is 0 Å². The fraction of sp³-hybridized carbons (Fsp3) is 0. The van der Waals surface area contributed by atoms with E-state index in [0.717, 1.165) is 11.9 Å². The van der Waals surface area contributed by atoms with Crippen LogP contribution in [0.2, 0.25) is 0 Å². The lowest BCUT2D eigenvalue weighted by Gasteiger charge is -2.06. The molecule has 0 amide bonds. The first kappa shape index (κ1) is 12.7. The van der Waals surface area contributed by atoms with Gasteiger partial charge in [0.1, 0.15) is 11.9 Å². The van der Waals surface area contributed by atoms with Gasteiger partial charge in [0, 0.05) is 18.2 Å². The topological polar surface area (TPSA) is 96.0 Å². The second-order valence-electron chi connectivity index (χ2n) is 4.06. The molecule has 2 heterocycles. The van der Waals surface area contributed by atoms with Gasteiger partial charge in [0.2, 0.25) is 5.88 Å². The summed E-state index contributed by atoms with van der Waals surface area (Å²) in [5.74, 6) is 0.820. The van der Waals surface area contributed by atoms with Crippen LogP contribution in [0.15, 0.2) is 55.0 Å². The van der Waals surface area contributed by atoms with Crippen LogP contribution in [-0.4, -0.2) is 24.9 Å². The summed E-state index contributed by atoms with van der Waals surface area (Å²) in [7, 11) is 0. The van der Waals surface area contributed by atoms with Crippen LogP contribution in [0, 0.1) is 10.1 Å². The van der Waals surface area contributed by atoms with Crippen molar-refractivity contribution in [2.24, 2.45) is 0 Å². The minimum atomic E-state index is -0.512. The van der Waals surface area contributed by atoms with E-state index in [9.17, 15) is 10.1 Å². The molecule has 3 aromatic rings. The Kier molecular flexibility index (Phi) is 3.26. The number of aromatic nitrogens is 4. The molecular weight excluding hydrogens is 274 g/mol. The van der Waals surface area contributed by atoms with E-state index in [-0.39, 0.29) is 11.6 Å². The Labute approximate surface area is 118 Å². The van der Waals surface area contributed by atoms with Gasteiger partial charge in [0.25, 0.3) is 5.69 Å². The summed E-state index contributed by atoms with van der Waals surface area (Å²) in [5, 5.41) is 18.2. The van der Waals surface area contributed by atoms with Gasteiger partial charge in [0.05, 0.1) is 23.0 Å². The smallest absolute Gasteiger partial charge is 0.287 e. The molecule has 0 spiro atoms. The van der Waals surface area contributed by atoms with Gasteiger partial charge >= 0.3 is 0 Å². The van der Waals surface area contributed by atoms with Gasteiger partial charge in [0.15, 0.2) is 0 Å². The lowest BCUT2D eigenvalue weighted by atomic mass is 10.3. The lowest BCUT2D eigenvalue weighted by molar-refractivity contribution is -0.385. The van der Waals surface area contributed by atoms with Crippen molar-refractivity contribution >= 4 is 5.69 Å². The summed E-state index contributed by atoms with van der Waals surface area (Å²) in [5.41, 5.74) is 0.700. The van der Waals surface area contributed by atoms with Gasteiger partial charge in [-0.1, -0.05) is 11.3 Å². The Morgan fingerprint density at radius 3 is 2.81 bits per heavy atom. The number of ether oxygens (including phenoxy) is 1. The standard InChI is InChI=1S/C13H9N5O3/c19-18(20)11-4-5-13(14-9-11)21-12-3-1-2-10(8-12)17-7-6-15-16-17/h1-9H. The van der Waals surface area contributed by atoms with Crippen LogP contribution < -0.4 is 4.74 Å². The molecule has 2 aromatic heterocycles. The first-order chi connectivity index (χ1) is 10.2. The summed E-state index contributed by atoms with van der Waals surface area (Å²) in [4.78, 5) is 13.9. The minimum absolute atomic E-state index is 0.0845. The Hall–Kier alpha value is -3.29. The molecule has 3 rings (SSSR count). The van der Waals surface area contributed by atoms with Crippen LogP contribution in [0.25, 0.3) is 5.69 Å². The normalized spacial score (nSPS) is 10.3. The van der Waals surface area contributed by atoms with Crippen LogP contribution in [-0.2, 0) is 0 Å².